The first-order valence-electron chi connectivity index (χ1n) is 6.20. The van der Waals surface area contributed by atoms with Crippen LogP contribution in [0.3, 0.4) is 0 Å². The van der Waals surface area contributed by atoms with E-state index < -0.39 is 0 Å². The van der Waals surface area contributed by atoms with Crippen molar-refractivity contribution in [1.29, 1.82) is 0 Å². The highest BCUT2D eigenvalue weighted by molar-refractivity contribution is 5.90. The molecule has 0 bridgehead atoms. The number of nitrogens with zero attached hydrogens (tertiary/aromatic N) is 4. The molecule has 19 heavy (non-hydrogen) atoms. The van der Waals surface area contributed by atoms with E-state index in [9.17, 15) is 4.79 Å². The summed E-state index contributed by atoms with van der Waals surface area (Å²) in [6.45, 7) is 1.65. The van der Waals surface area contributed by atoms with Crippen molar-refractivity contribution in [2.75, 3.05) is 18.5 Å². The van der Waals surface area contributed by atoms with Crippen LogP contribution >= 0.6 is 0 Å². The van der Waals surface area contributed by atoms with Crippen LogP contribution in [-0.2, 0) is 16.1 Å². The summed E-state index contributed by atoms with van der Waals surface area (Å²) in [6.07, 6.45) is 7.84. The second kappa shape index (κ2) is 5.23. The zero-order chi connectivity index (χ0) is 13.1. The Labute approximate surface area is 110 Å². The Hall–Kier alpha value is -2.15. The highest BCUT2D eigenvalue weighted by Crippen LogP contribution is 2.19. The maximum atomic E-state index is 11.8. The first-order valence-corrected chi connectivity index (χ1v) is 6.20. The van der Waals surface area contributed by atoms with Gasteiger partial charge in [-0.1, -0.05) is 0 Å². The molecule has 3 heterocycles. The topological polar surface area (TPSA) is 74.0 Å². The summed E-state index contributed by atoms with van der Waals surface area (Å²) in [5, 5.41) is 11.0. The predicted molar refractivity (Wildman–Crippen MR) is 67.6 cm³/mol. The van der Waals surface area contributed by atoms with Gasteiger partial charge in [0.2, 0.25) is 5.91 Å². The fourth-order valence-corrected chi connectivity index (χ4v) is 2.07. The van der Waals surface area contributed by atoms with E-state index in [1.54, 1.807) is 29.3 Å². The first-order chi connectivity index (χ1) is 9.31. The van der Waals surface area contributed by atoms with Gasteiger partial charge in [-0.15, -0.1) is 0 Å². The molecule has 7 heteroatoms. The van der Waals surface area contributed by atoms with E-state index in [1.165, 1.54) is 0 Å². The van der Waals surface area contributed by atoms with Crippen LogP contribution in [0.4, 0.5) is 5.69 Å². The van der Waals surface area contributed by atoms with E-state index in [0.29, 0.717) is 12.3 Å². The molecule has 1 N–H and O–H groups in total. The number of aromatic nitrogens is 4. The number of hydrogen-bond acceptors (Lipinski definition) is 4. The van der Waals surface area contributed by atoms with Gasteiger partial charge in [0, 0.05) is 25.2 Å². The quantitative estimate of drug-likeness (QED) is 0.878. The summed E-state index contributed by atoms with van der Waals surface area (Å²) in [6, 6.07) is 2.06. The Morgan fingerprint density at radius 3 is 3.21 bits per heavy atom. The highest BCUT2D eigenvalue weighted by atomic mass is 16.5. The van der Waals surface area contributed by atoms with Crippen LogP contribution < -0.4 is 5.32 Å². The lowest BCUT2D eigenvalue weighted by molar-refractivity contribution is -0.116. The van der Waals surface area contributed by atoms with Crippen LogP contribution in [0.25, 0.3) is 0 Å². The Bertz CT molecular complexity index is 542. The summed E-state index contributed by atoms with van der Waals surface area (Å²) in [7, 11) is 0. The Morgan fingerprint density at radius 1 is 1.53 bits per heavy atom. The highest BCUT2D eigenvalue weighted by Gasteiger charge is 2.18. The van der Waals surface area contributed by atoms with Gasteiger partial charge in [-0.2, -0.15) is 10.2 Å². The molecule has 0 aromatic carbocycles. The second-order valence-corrected chi connectivity index (χ2v) is 4.48. The van der Waals surface area contributed by atoms with Crippen molar-refractivity contribution in [3.05, 3.63) is 30.9 Å². The molecule has 1 aliphatic rings. The monoisotopic (exact) mass is 261 g/mol. The molecule has 1 fully saturated rings. The summed E-state index contributed by atoms with van der Waals surface area (Å²) < 4.78 is 8.73. The summed E-state index contributed by atoms with van der Waals surface area (Å²) >= 11 is 0. The van der Waals surface area contributed by atoms with Gasteiger partial charge in [-0.3, -0.25) is 14.2 Å². The Kier molecular flexibility index (Phi) is 3.28. The van der Waals surface area contributed by atoms with E-state index >= 15 is 0 Å². The van der Waals surface area contributed by atoms with Gasteiger partial charge < -0.3 is 10.1 Å². The molecule has 1 atom stereocenters. The predicted octanol–water partition coefficient (Wildman–Crippen LogP) is 0.680. The molecule has 1 aliphatic heterocycles. The molecule has 100 valence electrons. The zero-order valence-corrected chi connectivity index (χ0v) is 10.4. The van der Waals surface area contributed by atoms with Gasteiger partial charge in [-0.05, 0) is 12.5 Å². The van der Waals surface area contributed by atoms with Crippen LogP contribution in [0.15, 0.2) is 30.9 Å². The van der Waals surface area contributed by atoms with Crippen molar-refractivity contribution in [3.63, 3.8) is 0 Å². The molecule has 2 aromatic heterocycles. The standard InChI is InChI=1S/C12H15N5O2/c18-12(8-16-4-1-3-13-16)15-10-6-14-17(7-10)11-2-5-19-9-11/h1,3-4,6-7,11H,2,5,8-9H2,(H,15,18)/t11-/m1/s1. The molecule has 0 unspecified atom stereocenters. The lowest BCUT2D eigenvalue weighted by atomic mass is 10.3. The van der Waals surface area contributed by atoms with Crippen molar-refractivity contribution in [3.8, 4) is 0 Å². The number of anilines is 1. The minimum atomic E-state index is -0.120. The second-order valence-electron chi connectivity index (χ2n) is 4.48. The van der Waals surface area contributed by atoms with Crippen LogP contribution in [0, 0.1) is 0 Å². The molecule has 3 rings (SSSR count). The lowest BCUT2D eigenvalue weighted by Gasteiger charge is -2.07. The number of amides is 1. The van der Waals surface area contributed by atoms with Crippen LogP contribution in [0.2, 0.25) is 0 Å². The van der Waals surface area contributed by atoms with Crippen molar-refractivity contribution in [2.45, 2.75) is 19.0 Å². The zero-order valence-electron chi connectivity index (χ0n) is 10.4. The van der Waals surface area contributed by atoms with Gasteiger partial charge in [0.1, 0.15) is 6.54 Å². The maximum Gasteiger partial charge on any atom is 0.246 e. The maximum absolute atomic E-state index is 11.8. The van der Waals surface area contributed by atoms with E-state index in [1.807, 2.05) is 10.9 Å². The molecule has 7 nitrogen and oxygen atoms in total. The molecule has 1 saturated heterocycles. The summed E-state index contributed by atoms with van der Waals surface area (Å²) in [4.78, 5) is 11.8. The fourth-order valence-electron chi connectivity index (χ4n) is 2.07. The van der Waals surface area contributed by atoms with Gasteiger partial charge in [-0.25, -0.2) is 0 Å². The fraction of sp³-hybridized carbons (Fsp3) is 0.417. The van der Waals surface area contributed by atoms with E-state index in [2.05, 4.69) is 15.5 Å². The van der Waals surface area contributed by atoms with E-state index in [0.717, 1.165) is 13.0 Å². The van der Waals surface area contributed by atoms with Gasteiger partial charge in [0.25, 0.3) is 0 Å². The normalized spacial score (nSPS) is 18.6. The number of carbonyl (C=O) groups is 1. The third-order valence-electron chi connectivity index (χ3n) is 3.03. The van der Waals surface area contributed by atoms with Gasteiger partial charge in [0.05, 0.1) is 24.5 Å². The van der Waals surface area contributed by atoms with Crippen molar-refractivity contribution in [1.82, 2.24) is 19.6 Å². The average Bonchev–Trinajstić information content (AvgIpc) is 3.09. The van der Waals surface area contributed by atoms with Gasteiger partial charge in [0.15, 0.2) is 0 Å². The number of rotatable bonds is 4. The third kappa shape index (κ3) is 2.82. The Balaban J connectivity index is 1.59. The van der Waals surface area contributed by atoms with E-state index in [-0.39, 0.29) is 18.5 Å². The summed E-state index contributed by atoms with van der Waals surface area (Å²) in [5.41, 5.74) is 0.698. The van der Waals surface area contributed by atoms with E-state index in [4.69, 9.17) is 4.74 Å². The minimum absolute atomic E-state index is 0.120. The summed E-state index contributed by atoms with van der Waals surface area (Å²) in [5.74, 6) is -0.120. The van der Waals surface area contributed by atoms with Crippen molar-refractivity contribution in [2.24, 2.45) is 0 Å². The SMILES string of the molecule is O=C(Cn1cccn1)Nc1cnn([C@@H]2CCOC2)c1. The van der Waals surface area contributed by atoms with Crippen LogP contribution in [0.5, 0.6) is 0 Å². The number of carbonyl (C=O) groups excluding carboxylic acids is 1. The largest absolute Gasteiger partial charge is 0.379 e. The van der Waals surface area contributed by atoms with Gasteiger partial charge >= 0.3 is 0 Å². The van der Waals surface area contributed by atoms with Crippen LogP contribution in [0.1, 0.15) is 12.5 Å². The van der Waals surface area contributed by atoms with Crippen LogP contribution in [-0.4, -0.2) is 38.7 Å². The lowest BCUT2D eigenvalue weighted by Crippen LogP contribution is -2.18. The number of ether oxygens (including phenoxy) is 1. The number of nitrogens with one attached hydrogen (secondary N) is 1. The molecular formula is C12H15N5O2. The molecule has 1 amide bonds. The molecule has 2 aromatic rings. The molecule has 0 saturated carbocycles. The third-order valence-corrected chi connectivity index (χ3v) is 3.03. The number of hydrogen-bond donors (Lipinski definition) is 1. The minimum Gasteiger partial charge on any atom is -0.379 e. The average molecular weight is 261 g/mol. The molecule has 0 radical (unpaired) electrons. The van der Waals surface area contributed by atoms with Crippen molar-refractivity contribution < 1.29 is 9.53 Å². The smallest absolute Gasteiger partial charge is 0.246 e. The molecular weight excluding hydrogens is 246 g/mol. The molecule has 0 spiro atoms. The molecule has 0 aliphatic carbocycles. The first kappa shape index (κ1) is 11.9. The van der Waals surface area contributed by atoms with Crippen molar-refractivity contribution >= 4 is 11.6 Å². The Morgan fingerprint density at radius 2 is 2.47 bits per heavy atom.